The maximum Gasteiger partial charge on any atom is 0.0513 e. The van der Waals surface area contributed by atoms with Gasteiger partial charge in [0.15, 0.2) is 0 Å². The zero-order valence-corrected chi connectivity index (χ0v) is 14.6. The zero-order chi connectivity index (χ0) is 15.8. The fourth-order valence-corrected chi connectivity index (χ4v) is 4.34. The Morgan fingerprint density at radius 2 is 1.22 bits per heavy atom. The molecular weight excluding hydrogens is 327 g/mol. The molecule has 120 valence electrons. The Balaban J connectivity index is 1.44. The molecule has 2 heterocycles. The Morgan fingerprint density at radius 1 is 0.739 bits per heavy atom. The molecule has 2 aliphatic rings. The molecule has 2 aliphatic heterocycles. The lowest BCUT2D eigenvalue weighted by molar-refractivity contribution is 0.110. The highest BCUT2D eigenvalue weighted by molar-refractivity contribution is 6.31. The summed E-state index contributed by atoms with van der Waals surface area (Å²) < 4.78 is 0. The van der Waals surface area contributed by atoms with E-state index >= 15 is 0 Å². The standard InChI is InChI=1S/C19H20Cl2N2/c20-18-5-1-3-14-11-22(9-7-16(14)18)13-23-10-8-17-15(12-23)4-2-6-19(17)21/h1-6H,7-13H2. The monoisotopic (exact) mass is 346 g/mol. The molecule has 0 aromatic heterocycles. The Labute approximate surface area is 147 Å². The Hall–Kier alpha value is -1.06. The van der Waals surface area contributed by atoms with Crippen LogP contribution in [0.2, 0.25) is 10.0 Å². The largest absolute Gasteiger partial charge is 0.286 e. The maximum absolute atomic E-state index is 6.31. The number of benzene rings is 2. The van der Waals surface area contributed by atoms with Gasteiger partial charge in [-0.15, -0.1) is 0 Å². The molecule has 0 spiro atoms. The molecule has 2 aromatic rings. The topological polar surface area (TPSA) is 6.48 Å². The molecule has 23 heavy (non-hydrogen) atoms. The first-order chi connectivity index (χ1) is 11.2. The second-order valence-corrected chi connectivity index (χ2v) is 7.32. The van der Waals surface area contributed by atoms with E-state index in [2.05, 4.69) is 34.1 Å². The zero-order valence-electron chi connectivity index (χ0n) is 13.1. The SMILES string of the molecule is Clc1cccc2c1CCN(CN1CCc3c(Cl)cccc3C1)C2. The van der Waals surface area contributed by atoms with Crippen molar-refractivity contribution in [2.45, 2.75) is 25.9 Å². The Bertz CT molecular complexity index is 668. The van der Waals surface area contributed by atoms with E-state index in [0.29, 0.717) is 0 Å². The number of halogens is 2. The van der Waals surface area contributed by atoms with Crippen LogP contribution >= 0.6 is 23.2 Å². The first kappa shape index (κ1) is 15.5. The number of hydrogen-bond donors (Lipinski definition) is 0. The van der Waals surface area contributed by atoms with Crippen molar-refractivity contribution in [1.29, 1.82) is 0 Å². The number of rotatable bonds is 2. The molecule has 0 saturated heterocycles. The van der Waals surface area contributed by atoms with Crippen molar-refractivity contribution in [3.8, 4) is 0 Å². The van der Waals surface area contributed by atoms with Gasteiger partial charge in [0.25, 0.3) is 0 Å². The van der Waals surface area contributed by atoms with Gasteiger partial charge in [0.05, 0.1) is 6.67 Å². The van der Waals surface area contributed by atoms with Crippen LogP contribution in [0.1, 0.15) is 22.3 Å². The molecule has 0 bridgehead atoms. The van der Waals surface area contributed by atoms with E-state index in [1.165, 1.54) is 22.3 Å². The molecule has 0 aliphatic carbocycles. The van der Waals surface area contributed by atoms with E-state index in [4.69, 9.17) is 23.2 Å². The van der Waals surface area contributed by atoms with Crippen molar-refractivity contribution in [2.75, 3.05) is 19.8 Å². The van der Waals surface area contributed by atoms with Crippen LogP contribution in [0.15, 0.2) is 36.4 Å². The number of hydrogen-bond acceptors (Lipinski definition) is 2. The lowest BCUT2D eigenvalue weighted by Crippen LogP contribution is -2.42. The highest BCUT2D eigenvalue weighted by Gasteiger charge is 2.23. The maximum atomic E-state index is 6.31. The summed E-state index contributed by atoms with van der Waals surface area (Å²) in [4.78, 5) is 5.04. The molecule has 4 heteroatoms. The van der Waals surface area contributed by atoms with Gasteiger partial charge in [-0.3, -0.25) is 9.80 Å². The van der Waals surface area contributed by atoms with Crippen molar-refractivity contribution >= 4 is 23.2 Å². The van der Waals surface area contributed by atoms with Gasteiger partial charge < -0.3 is 0 Å². The van der Waals surface area contributed by atoms with Crippen LogP contribution in [0.5, 0.6) is 0 Å². The number of nitrogens with zero attached hydrogens (tertiary/aromatic N) is 2. The van der Waals surface area contributed by atoms with Crippen molar-refractivity contribution in [3.05, 3.63) is 68.7 Å². The predicted molar refractivity (Wildman–Crippen MR) is 96.0 cm³/mol. The molecule has 0 saturated carbocycles. The van der Waals surface area contributed by atoms with E-state index in [1.54, 1.807) is 0 Å². The summed E-state index contributed by atoms with van der Waals surface area (Å²) in [6.45, 7) is 5.16. The smallest absolute Gasteiger partial charge is 0.0513 e. The highest BCUT2D eigenvalue weighted by atomic mass is 35.5. The van der Waals surface area contributed by atoms with Gasteiger partial charge in [0.2, 0.25) is 0 Å². The van der Waals surface area contributed by atoms with Crippen LogP contribution in [-0.2, 0) is 25.9 Å². The molecule has 0 fully saturated rings. The molecule has 0 unspecified atom stereocenters. The summed E-state index contributed by atoms with van der Waals surface area (Å²) in [5.41, 5.74) is 5.43. The average Bonchev–Trinajstić information content (AvgIpc) is 2.55. The molecule has 0 radical (unpaired) electrons. The molecule has 0 N–H and O–H groups in total. The summed E-state index contributed by atoms with van der Waals surface area (Å²) in [6, 6.07) is 12.5. The predicted octanol–water partition coefficient (Wildman–Crippen LogP) is 4.37. The van der Waals surface area contributed by atoms with Gasteiger partial charge in [-0.2, -0.15) is 0 Å². The van der Waals surface area contributed by atoms with Crippen LogP contribution in [0.25, 0.3) is 0 Å². The second kappa shape index (κ2) is 6.45. The third-order valence-electron chi connectivity index (χ3n) is 4.98. The summed E-state index contributed by atoms with van der Waals surface area (Å²) in [5.74, 6) is 0. The minimum atomic E-state index is 0.920. The van der Waals surface area contributed by atoms with Crippen LogP contribution in [0.4, 0.5) is 0 Å². The third kappa shape index (κ3) is 3.14. The van der Waals surface area contributed by atoms with Crippen molar-refractivity contribution in [1.82, 2.24) is 9.80 Å². The van der Waals surface area contributed by atoms with Crippen LogP contribution in [0.3, 0.4) is 0 Å². The first-order valence-corrected chi connectivity index (χ1v) is 8.93. The minimum absolute atomic E-state index is 0.920. The lowest BCUT2D eigenvalue weighted by atomic mass is 9.99. The summed E-state index contributed by atoms with van der Waals surface area (Å²) in [7, 11) is 0. The van der Waals surface area contributed by atoms with E-state index < -0.39 is 0 Å². The molecule has 2 aromatic carbocycles. The van der Waals surface area contributed by atoms with Gasteiger partial charge in [0.1, 0.15) is 0 Å². The normalized spacial score (nSPS) is 18.5. The van der Waals surface area contributed by atoms with E-state index in [9.17, 15) is 0 Å². The van der Waals surface area contributed by atoms with Gasteiger partial charge in [0, 0.05) is 36.2 Å². The Morgan fingerprint density at radius 3 is 1.70 bits per heavy atom. The second-order valence-electron chi connectivity index (χ2n) is 6.50. The lowest BCUT2D eigenvalue weighted by Gasteiger charge is -2.36. The van der Waals surface area contributed by atoms with Crippen molar-refractivity contribution < 1.29 is 0 Å². The van der Waals surface area contributed by atoms with Crippen LogP contribution in [-0.4, -0.2) is 29.6 Å². The molecule has 0 amide bonds. The minimum Gasteiger partial charge on any atom is -0.286 e. The molecule has 2 nitrogen and oxygen atoms in total. The fraction of sp³-hybridized carbons (Fsp3) is 0.368. The van der Waals surface area contributed by atoms with Gasteiger partial charge in [-0.25, -0.2) is 0 Å². The van der Waals surface area contributed by atoms with E-state index in [1.807, 2.05) is 12.1 Å². The Kier molecular flexibility index (Phi) is 4.33. The quantitative estimate of drug-likeness (QED) is 0.796. The van der Waals surface area contributed by atoms with E-state index in [-0.39, 0.29) is 0 Å². The van der Waals surface area contributed by atoms with Crippen LogP contribution < -0.4 is 0 Å². The number of fused-ring (bicyclic) bond motifs is 2. The first-order valence-electron chi connectivity index (χ1n) is 8.18. The van der Waals surface area contributed by atoms with Gasteiger partial charge in [-0.05, 0) is 47.2 Å². The summed E-state index contributed by atoms with van der Waals surface area (Å²) in [5, 5.41) is 1.84. The molecule has 0 atom stereocenters. The summed E-state index contributed by atoms with van der Waals surface area (Å²) in [6.07, 6.45) is 2.09. The van der Waals surface area contributed by atoms with Gasteiger partial charge in [-0.1, -0.05) is 47.5 Å². The summed E-state index contributed by atoms with van der Waals surface area (Å²) >= 11 is 12.6. The average molecular weight is 347 g/mol. The highest BCUT2D eigenvalue weighted by Crippen LogP contribution is 2.28. The van der Waals surface area contributed by atoms with Crippen molar-refractivity contribution in [3.63, 3.8) is 0 Å². The van der Waals surface area contributed by atoms with Crippen LogP contribution in [0, 0.1) is 0 Å². The molecular formula is C19H20Cl2N2. The molecule has 4 rings (SSSR count). The third-order valence-corrected chi connectivity index (χ3v) is 5.68. The van der Waals surface area contributed by atoms with Gasteiger partial charge >= 0.3 is 0 Å². The van der Waals surface area contributed by atoms with E-state index in [0.717, 1.165) is 55.7 Å². The fourth-order valence-electron chi connectivity index (χ4n) is 3.77. The van der Waals surface area contributed by atoms with Crippen molar-refractivity contribution in [2.24, 2.45) is 0 Å².